The molecule has 1 aliphatic carbocycles. The van der Waals surface area contributed by atoms with Gasteiger partial charge in [-0.3, -0.25) is 0 Å². The van der Waals surface area contributed by atoms with Gasteiger partial charge in [-0.15, -0.1) is 0 Å². The molecule has 0 heterocycles. The van der Waals surface area contributed by atoms with Crippen LogP contribution >= 0.6 is 0 Å². The average molecular weight is 295 g/mol. The third-order valence-corrected chi connectivity index (χ3v) is 4.67. The van der Waals surface area contributed by atoms with Crippen molar-refractivity contribution < 1.29 is 4.74 Å². The van der Waals surface area contributed by atoms with Gasteiger partial charge in [-0.1, -0.05) is 34.6 Å². The highest BCUT2D eigenvalue weighted by molar-refractivity contribution is 5.56. The van der Waals surface area contributed by atoms with Crippen LogP contribution in [0.15, 0.2) is 12.1 Å². The van der Waals surface area contributed by atoms with Crippen molar-refractivity contribution >= 4 is 0 Å². The van der Waals surface area contributed by atoms with E-state index in [1.807, 2.05) is 6.07 Å². The molecule has 0 bridgehead atoms. The molecule has 2 nitrogen and oxygen atoms in total. The Morgan fingerprint density at radius 1 is 1.09 bits per heavy atom. The fraction of sp³-hybridized carbons (Fsp3) is 0.550. The molecule has 0 N–H and O–H groups in total. The van der Waals surface area contributed by atoms with Crippen LogP contribution in [0.1, 0.15) is 70.6 Å². The maximum absolute atomic E-state index is 8.75. The van der Waals surface area contributed by atoms with Crippen molar-refractivity contribution in [1.29, 1.82) is 5.26 Å². The molecule has 0 aliphatic heterocycles. The summed E-state index contributed by atoms with van der Waals surface area (Å²) in [5, 5.41) is 8.75. The van der Waals surface area contributed by atoms with Gasteiger partial charge in [0.05, 0.1) is 12.2 Å². The largest absolute Gasteiger partial charge is 0.492 e. The van der Waals surface area contributed by atoms with Crippen molar-refractivity contribution in [3.8, 4) is 23.7 Å². The summed E-state index contributed by atoms with van der Waals surface area (Å²) in [6.45, 7) is 11.9. The van der Waals surface area contributed by atoms with E-state index >= 15 is 0 Å². The van der Waals surface area contributed by atoms with Crippen LogP contribution in [-0.2, 0) is 10.8 Å². The predicted octanol–water partition coefficient (Wildman–Crippen LogP) is 4.70. The van der Waals surface area contributed by atoms with Crippen molar-refractivity contribution in [1.82, 2.24) is 0 Å². The average Bonchev–Trinajstić information content (AvgIpc) is 2.47. The lowest BCUT2D eigenvalue weighted by atomic mass is 9.63. The number of rotatable bonds is 3. The van der Waals surface area contributed by atoms with Crippen molar-refractivity contribution in [2.24, 2.45) is 0 Å². The summed E-state index contributed by atoms with van der Waals surface area (Å²) in [6.07, 6.45) is 3.29. The first-order chi connectivity index (χ1) is 10.3. The van der Waals surface area contributed by atoms with E-state index in [0.29, 0.717) is 6.61 Å². The van der Waals surface area contributed by atoms with E-state index in [2.05, 4.69) is 58.6 Å². The molecule has 0 radical (unpaired) electrons. The van der Waals surface area contributed by atoms with Gasteiger partial charge >= 0.3 is 0 Å². The molecule has 0 amide bonds. The normalized spacial score (nSPS) is 17.6. The number of nitrogens with zero attached hydrogens (tertiary/aromatic N) is 1. The number of benzene rings is 1. The molecule has 2 heteroatoms. The maximum atomic E-state index is 8.75. The second-order valence-electron chi connectivity index (χ2n) is 7.37. The molecule has 0 fully saturated rings. The number of hydrogen-bond acceptors (Lipinski definition) is 2. The molecule has 1 aromatic carbocycles. The van der Waals surface area contributed by atoms with Crippen molar-refractivity contribution in [3.63, 3.8) is 0 Å². The van der Waals surface area contributed by atoms with E-state index in [0.717, 1.165) is 24.2 Å². The number of hydrogen-bond donors (Lipinski definition) is 0. The zero-order valence-electron chi connectivity index (χ0n) is 14.3. The third-order valence-electron chi connectivity index (χ3n) is 4.67. The second kappa shape index (κ2) is 6.05. The summed E-state index contributed by atoms with van der Waals surface area (Å²) in [4.78, 5) is 0. The Hall–Kier alpha value is -1.93. The minimum absolute atomic E-state index is 0.136. The standard InChI is InChI=1S/C20H25NO/c1-6-12-22-18-14-17-16(13-15(18)8-7-11-21)19(2,3)9-10-20(17,4)5/h13-14H,6,9-10,12H2,1-5H3. The second-order valence-corrected chi connectivity index (χ2v) is 7.37. The summed E-state index contributed by atoms with van der Waals surface area (Å²) in [7, 11) is 0. The highest BCUT2D eigenvalue weighted by Crippen LogP contribution is 2.47. The molecule has 1 aliphatic rings. The zero-order valence-corrected chi connectivity index (χ0v) is 14.3. The van der Waals surface area contributed by atoms with Crippen molar-refractivity contribution in [2.75, 3.05) is 6.61 Å². The Morgan fingerprint density at radius 3 is 2.23 bits per heavy atom. The highest BCUT2D eigenvalue weighted by atomic mass is 16.5. The SMILES string of the molecule is CCCOc1cc2c(cc1C#CC#N)C(C)(C)CCC2(C)C. The van der Waals surface area contributed by atoms with Gasteiger partial charge in [0.25, 0.3) is 0 Å². The molecule has 116 valence electrons. The lowest BCUT2D eigenvalue weighted by Gasteiger charge is -2.42. The lowest BCUT2D eigenvalue weighted by Crippen LogP contribution is -2.34. The van der Waals surface area contributed by atoms with Gasteiger partial charge in [-0.05, 0) is 59.3 Å². The molecule has 22 heavy (non-hydrogen) atoms. The Bertz CT molecular complexity index is 665. The highest BCUT2D eigenvalue weighted by Gasteiger charge is 2.37. The van der Waals surface area contributed by atoms with Crippen LogP contribution in [0.3, 0.4) is 0 Å². The Labute approximate surface area is 134 Å². The van der Waals surface area contributed by atoms with Crippen molar-refractivity contribution in [3.05, 3.63) is 28.8 Å². The van der Waals surface area contributed by atoms with E-state index in [1.165, 1.54) is 17.5 Å². The van der Waals surface area contributed by atoms with Crippen molar-refractivity contribution in [2.45, 2.75) is 64.7 Å². The van der Waals surface area contributed by atoms with Crippen LogP contribution in [0.2, 0.25) is 0 Å². The maximum Gasteiger partial charge on any atom is 0.152 e. The van der Waals surface area contributed by atoms with Gasteiger partial charge in [0.2, 0.25) is 0 Å². The smallest absolute Gasteiger partial charge is 0.152 e. The summed E-state index contributed by atoms with van der Waals surface area (Å²) >= 11 is 0. The molecular formula is C20H25NO. The van der Waals surface area contributed by atoms with Gasteiger partial charge < -0.3 is 4.74 Å². The van der Waals surface area contributed by atoms with Crippen LogP contribution in [0.25, 0.3) is 0 Å². The van der Waals surface area contributed by atoms with Crippen LogP contribution in [0, 0.1) is 23.2 Å². The number of fused-ring (bicyclic) bond motifs is 1. The fourth-order valence-corrected chi connectivity index (χ4v) is 3.12. The summed E-state index contributed by atoms with van der Waals surface area (Å²) in [5.74, 6) is 6.28. The zero-order chi connectivity index (χ0) is 16.4. The minimum atomic E-state index is 0.136. The van der Waals surface area contributed by atoms with E-state index in [9.17, 15) is 0 Å². The van der Waals surface area contributed by atoms with Crippen LogP contribution < -0.4 is 4.74 Å². The molecule has 0 unspecified atom stereocenters. The van der Waals surface area contributed by atoms with Crippen LogP contribution in [0.4, 0.5) is 0 Å². The Balaban J connectivity index is 2.64. The van der Waals surface area contributed by atoms with Crippen LogP contribution in [-0.4, -0.2) is 6.61 Å². The quantitative estimate of drug-likeness (QED) is 0.757. The predicted molar refractivity (Wildman–Crippen MR) is 90.0 cm³/mol. The summed E-state index contributed by atoms with van der Waals surface area (Å²) in [6, 6.07) is 6.20. The molecule has 0 saturated carbocycles. The molecule has 0 aromatic heterocycles. The van der Waals surface area contributed by atoms with Gasteiger partial charge in [-0.25, -0.2) is 0 Å². The first kappa shape index (κ1) is 16.4. The van der Waals surface area contributed by atoms with Gasteiger partial charge in [0.1, 0.15) is 5.75 Å². The molecule has 0 atom stereocenters. The van der Waals surface area contributed by atoms with Gasteiger partial charge in [0.15, 0.2) is 6.07 Å². The summed E-state index contributed by atoms with van der Waals surface area (Å²) in [5.41, 5.74) is 3.82. The third kappa shape index (κ3) is 3.12. The van der Waals surface area contributed by atoms with Gasteiger partial charge in [-0.2, -0.15) is 5.26 Å². The molecule has 0 saturated heterocycles. The topological polar surface area (TPSA) is 33.0 Å². The lowest BCUT2D eigenvalue weighted by molar-refractivity contribution is 0.306. The monoisotopic (exact) mass is 295 g/mol. The first-order valence-electron chi connectivity index (χ1n) is 8.04. The fourth-order valence-electron chi connectivity index (χ4n) is 3.12. The number of nitriles is 1. The summed E-state index contributed by atoms with van der Waals surface area (Å²) < 4.78 is 5.90. The number of ether oxygens (including phenoxy) is 1. The van der Waals surface area contributed by atoms with Gasteiger partial charge in [0, 0.05) is 5.92 Å². The minimum Gasteiger partial charge on any atom is -0.492 e. The molecule has 2 rings (SSSR count). The van der Waals surface area contributed by atoms with E-state index in [1.54, 1.807) is 0 Å². The molecule has 1 aromatic rings. The van der Waals surface area contributed by atoms with E-state index in [-0.39, 0.29) is 10.8 Å². The van der Waals surface area contributed by atoms with E-state index in [4.69, 9.17) is 10.00 Å². The van der Waals surface area contributed by atoms with Crippen LogP contribution in [0.5, 0.6) is 5.75 Å². The molecule has 0 spiro atoms. The Morgan fingerprint density at radius 2 is 1.68 bits per heavy atom. The first-order valence-corrected chi connectivity index (χ1v) is 8.04. The van der Waals surface area contributed by atoms with E-state index < -0.39 is 0 Å². The molecular weight excluding hydrogens is 270 g/mol. The Kier molecular flexibility index (Phi) is 4.52.